The van der Waals surface area contributed by atoms with E-state index >= 15 is 0 Å². The van der Waals surface area contributed by atoms with Crippen molar-refractivity contribution in [2.24, 2.45) is 0 Å². The van der Waals surface area contributed by atoms with E-state index in [0.29, 0.717) is 11.4 Å². The van der Waals surface area contributed by atoms with Gasteiger partial charge in [0.1, 0.15) is 0 Å². The number of hydrogen-bond donors (Lipinski definition) is 1. The molecule has 0 fully saturated rings. The number of hydrogen-bond acceptors (Lipinski definition) is 4. The fourth-order valence-electron chi connectivity index (χ4n) is 1.87. The Balaban J connectivity index is 1.79. The fourth-order valence-corrected chi connectivity index (χ4v) is 2.54. The molecule has 1 N–H and O–H groups in total. The molecule has 0 saturated carbocycles. The van der Waals surface area contributed by atoms with Gasteiger partial charge in [0.25, 0.3) is 0 Å². The molecule has 1 heterocycles. The van der Waals surface area contributed by atoms with E-state index in [4.69, 9.17) is 11.6 Å². The highest BCUT2D eigenvalue weighted by Crippen LogP contribution is 2.19. The van der Waals surface area contributed by atoms with Crippen molar-refractivity contribution in [2.45, 2.75) is 19.1 Å². The van der Waals surface area contributed by atoms with Crippen molar-refractivity contribution in [3.8, 4) is 0 Å². The Kier molecular flexibility index (Phi) is 5.34. The molecule has 0 saturated heterocycles. The molecule has 1 unspecified atom stereocenters. The molecule has 19 heavy (non-hydrogen) atoms. The quantitative estimate of drug-likeness (QED) is 0.888. The van der Waals surface area contributed by atoms with Gasteiger partial charge in [0.15, 0.2) is 0 Å². The highest BCUT2D eigenvalue weighted by Gasteiger charge is 2.09. The van der Waals surface area contributed by atoms with E-state index in [1.165, 1.54) is 0 Å². The Morgan fingerprint density at radius 1 is 1.37 bits per heavy atom. The van der Waals surface area contributed by atoms with Crippen molar-refractivity contribution < 1.29 is 5.11 Å². The standard InChI is InChI=1S/C14H17ClN2OS/c1-17(8-13-9-19-10-16-13)7-6-14(18)11-2-4-12(15)5-3-11/h2-5,9-10,14,18H,6-8H2,1H3. The molecule has 1 aromatic carbocycles. The van der Waals surface area contributed by atoms with Crippen LogP contribution in [0, 0.1) is 0 Å². The van der Waals surface area contributed by atoms with E-state index in [-0.39, 0.29) is 0 Å². The van der Waals surface area contributed by atoms with Gasteiger partial charge >= 0.3 is 0 Å². The van der Waals surface area contributed by atoms with Crippen molar-refractivity contribution in [1.82, 2.24) is 9.88 Å². The second-order valence-electron chi connectivity index (χ2n) is 4.57. The molecule has 102 valence electrons. The number of aromatic nitrogens is 1. The Morgan fingerprint density at radius 3 is 2.74 bits per heavy atom. The second kappa shape index (κ2) is 7.01. The summed E-state index contributed by atoms with van der Waals surface area (Å²) in [6, 6.07) is 7.35. The van der Waals surface area contributed by atoms with Crippen molar-refractivity contribution >= 4 is 22.9 Å². The van der Waals surface area contributed by atoms with Crippen LogP contribution in [0.25, 0.3) is 0 Å². The van der Waals surface area contributed by atoms with Crippen LogP contribution in [0.1, 0.15) is 23.8 Å². The summed E-state index contributed by atoms with van der Waals surface area (Å²) in [5.41, 5.74) is 3.83. The normalized spacial score (nSPS) is 12.8. The van der Waals surface area contributed by atoms with Gasteiger partial charge < -0.3 is 10.0 Å². The highest BCUT2D eigenvalue weighted by molar-refractivity contribution is 7.07. The lowest BCUT2D eigenvalue weighted by atomic mass is 10.1. The number of halogens is 1. The summed E-state index contributed by atoms with van der Waals surface area (Å²) in [6.45, 7) is 1.64. The number of aliphatic hydroxyl groups is 1. The molecule has 3 nitrogen and oxygen atoms in total. The van der Waals surface area contributed by atoms with Gasteiger partial charge in [-0.25, -0.2) is 4.98 Å². The zero-order valence-corrected chi connectivity index (χ0v) is 12.4. The molecule has 2 rings (SSSR count). The maximum Gasteiger partial charge on any atom is 0.0802 e. The van der Waals surface area contributed by atoms with E-state index in [9.17, 15) is 5.11 Å². The summed E-state index contributed by atoms with van der Waals surface area (Å²) in [4.78, 5) is 6.41. The highest BCUT2D eigenvalue weighted by atomic mass is 35.5. The summed E-state index contributed by atoms with van der Waals surface area (Å²) in [5, 5.41) is 12.8. The maximum absolute atomic E-state index is 10.1. The first-order chi connectivity index (χ1) is 9.15. The van der Waals surface area contributed by atoms with Crippen LogP contribution < -0.4 is 0 Å². The maximum atomic E-state index is 10.1. The fraction of sp³-hybridized carbons (Fsp3) is 0.357. The SMILES string of the molecule is CN(CCC(O)c1ccc(Cl)cc1)Cc1cscn1. The number of nitrogens with zero attached hydrogens (tertiary/aromatic N) is 2. The number of aliphatic hydroxyl groups excluding tert-OH is 1. The molecule has 2 aromatic rings. The molecule has 0 spiro atoms. The van der Waals surface area contributed by atoms with Gasteiger partial charge in [0, 0.05) is 23.5 Å². The lowest BCUT2D eigenvalue weighted by molar-refractivity contribution is 0.147. The topological polar surface area (TPSA) is 36.4 Å². The number of rotatable bonds is 6. The zero-order chi connectivity index (χ0) is 13.7. The summed E-state index contributed by atoms with van der Waals surface area (Å²) < 4.78 is 0. The Morgan fingerprint density at radius 2 is 2.11 bits per heavy atom. The predicted octanol–water partition coefficient (Wildman–Crippen LogP) is 3.35. The molecular formula is C14H17ClN2OS. The van der Waals surface area contributed by atoms with Crippen LogP contribution in [0.4, 0.5) is 0 Å². The summed E-state index contributed by atoms with van der Waals surface area (Å²) in [6.07, 6.45) is 0.248. The average molecular weight is 297 g/mol. The minimum absolute atomic E-state index is 0.449. The monoisotopic (exact) mass is 296 g/mol. The van der Waals surface area contributed by atoms with Gasteiger partial charge in [-0.15, -0.1) is 11.3 Å². The van der Waals surface area contributed by atoms with Gasteiger partial charge in [-0.2, -0.15) is 0 Å². The lowest BCUT2D eigenvalue weighted by Crippen LogP contribution is -2.21. The third-order valence-corrected chi connectivity index (χ3v) is 3.84. The van der Waals surface area contributed by atoms with Crippen LogP contribution in [0.5, 0.6) is 0 Å². The summed E-state index contributed by atoms with van der Waals surface area (Å²) in [7, 11) is 2.04. The van der Waals surface area contributed by atoms with Gasteiger partial charge in [-0.3, -0.25) is 0 Å². The van der Waals surface area contributed by atoms with E-state index in [2.05, 4.69) is 9.88 Å². The van der Waals surface area contributed by atoms with Gasteiger partial charge in [-0.1, -0.05) is 23.7 Å². The minimum atomic E-state index is -0.449. The van der Waals surface area contributed by atoms with Crippen molar-refractivity contribution in [3.63, 3.8) is 0 Å². The molecule has 0 aliphatic heterocycles. The van der Waals surface area contributed by atoms with E-state index in [1.807, 2.05) is 30.1 Å². The van der Waals surface area contributed by atoms with Crippen molar-refractivity contribution in [2.75, 3.05) is 13.6 Å². The van der Waals surface area contributed by atoms with Crippen LogP contribution >= 0.6 is 22.9 Å². The Labute approximate surface area is 122 Å². The lowest BCUT2D eigenvalue weighted by Gasteiger charge is -2.18. The smallest absolute Gasteiger partial charge is 0.0802 e. The molecule has 0 radical (unpaired) electrons. The van der Waals surface area contributed by atoms with E-state index in [1.54, 1.807) is 23.5 Å². The molecule has 0 aliphatic rings. The van der Waals surface area contributed by atoms with Crippen molar-refractivity contribution in [1.29, 1.82) is 0 Å². The third kappa shape index (κ3) is 4.58. The van der Waals surface area contributed by atoms with Crippen LogP contribution in [0.3, 0.4) is 0 Å². The Hall–Kier alpha value is -0.940. The van der Waals surface area contributed by atoms with Gasteiger partial charge in [0.2, 0.25) is 0 Å². The molecule has 0 aliphatic carbocycles. The minimum Gasteiger partial charge on any atom is -0.388 e. The Bertz CT molecular complexity index is 487. The van der Waals surface area contributed by atoms with Crippen LogP contribution in [0.2, 0.25) is 5.02 Å². The first-order valence-electron chi connectivity index (χ1n) is 6.14. The second-order valence-corrected chi connectivity index (χ2v) is 5.73. The van der Waals surface area contributed by atoms with Crippen LogP contribution in [0.15, 0.2) is 35.2 Å². The van der Waals surface area contributed by atoms with Crippen molar-refractivity contribution in [3.05, 3.63) is 51.4 Å². The van der Waals surface area contributed by atoms with Crippen LogP contribution in [-0.4, -0.2) is 28.6 Å². The molecule has 1 atom stereocenters. The average Bonchev–Trinajstić information content (AvgIpc) is 2.89. The summed E-state index contributed by atoms with van der Waals surface area (Å²) in [5.74, 6) is 0. The third-order valence-electron chi connectivity index (χ3n) is 2.95. The molecule has 5 heteroatoms. The predicted molar refractivity (Wildman–Crippen MR) is 79.5 cm³/mol. The van der Waals surface area contributed by atoms with Gasteiger partial charge in [0.05, 0.1) is 17.3 Å². The first-order valence-corrected chi connectivity index (χ1v) is 7.46. The molecule has 1 aromatic heterocycles. The van der Waals surface area contributed by atoms with Crippen LogP contribution in [-0.2, 0) is 6.54 Å². The number of benzene rings is 1. The largest absolute Gasteiger partial charge is 0.388 e. The summed E-state index contributed by atoms with van der Waals surface area (Å²) >= 11 is 7.43. The molecule has 0 amide bonds. The van der Waals surface area contributed by atoms with E-state index in [0.717, 1.165) is 24.3 Å². The first kappa shape index (κ1) is 14.5. The van der Waals surface area contributed by atoms with E-state index < -0.39 is 6.10 Å². The number of thiazole rings is 1. The molecular weight excluding hydrogens is 280 g/mol. The zero-order valence-electron chi connectivity index (χ0n) is 10.8. The molecule has 0 bridgehead atoms. The van der Waals surface area contributed by atoms with Gasteiger partial charge in [-0.05, 0) is 31.2 Å².